The molecule has 0 unspecified atom stereocenters. The first-order chi connectivity index (χ1) is 8.19. The lowest BCUT2D eigenvalue weighted by molar-refractivity contribution is 0.440. The van der Waals surface area contributed by atoms with Gasteiger partial charge in [-0.25, -0.2) is 0 Å². The van der Waals surface area contributed by atoms with Crippen LogP contribution >= 0.6 is 23.2 Å². The lowest BCUT2D eigenvalue weighted by Gasteiger charge is -2.10. The summed E-state index contributed by atoms with van der Waals surface area (Å²) in [6.07, 6.45) is 2.35. The van der Waals surface area contributed by atoms with Gasteiger partial charge in [0.25, 0.3) is 0 Å². The summed E-state index contributed by atoms with van der Waals surface area (Å²) in [6.45, 7) is 0. The molecule has 0 aromatic heterocycles. The van der Waals surface area contributed by atoms with Gasteiger partial charge in [0.05, 0.1) is 17.5 Å². The van der Waals surface area contributed by atoms with Crippen molar-refractivity contribution in [2.45, 2.75) is 0 Å². The van der Waals surface area contributed by atoms with Crippen molar-refractivity contribution in [2.75, 3.05) is 20.4 Å². The van der Waals surface area contributed by atoms with Crippen molar-refractivity contribution in [1.82, 2.24) is 5.01 Å². The molecule has 0 aliphatic rings. The second-order valence-corrected chi connectivity index (χ2v) is 6.10. The van der Waals surface area contributed by atoms with Crippen molar-refractivity contribution < 1.29 is 12.6 Å². The van der Waals surface area contributed by atoms with Gasteiger partial charge in [-0.15, -0.1) is 0 Å². The van der Waals surface area contributed by atoms with Crippen molar-refractivity contribution in [2.24, 2.45) is 5.10 Å². The van der Waals surface area contributed by atoms with Crippen molar-refractivity contribution in [3.05, 3.63) is 27.7 Å². The van der Waals surface area contributed by atoms with E-state index < -0.39 is 10.1 Å². The number of halogens is 2. The smallest absolute Gasteiger partial charge is 0.306 e. The first-order valence-corrected chi connectivity index (χ1v) is 7.36. The van der Waals surface area contributed by atoms with Crippen molar-refractivity contribution >= 4 is 39.5 Å². The predicted octanol–water partition coefficient (Wildman–Crippen LogP) is 2.23. The van der Waals surface area contributed by atoms with E-state index in [0.29, 0.717) is 10.6 Å². The summed E-state index contributed by atoms with van der Waals surface area (Å²) in [5.41, 5.74) is 0.381. The Morgan fingerprint density at radius 3 is 2.44 bits per heavy atom. The Morgan fingerprint density at radius 1 is 1.33 bits per heavy atom. The minimum absolute atomic E-state index is 0.00849. The minimum atomic E-state index is -3.68. The molecule has 0 N–H and O–H groups in total. The summed E-state index contributed by atoms with van der Waals surface area (Å²) in [5, 5.41) is 5.99. The van der Waals surface area contributed by atoms with Crippen LogP contribution in [-0.4, -0.2) is 40.0 Å². The number of nitrogens with zero attached hydrogens (tertiary/aromatic N) is 2. The molecule has 1 aromatic carbocycles. The van der Waals surface area contributed by atoms with Crippen LogP contribution in [0.15, 0.2) is 17.2 Å². The summed E-state index contributed by atoms with van der Waals surface area (Å²) in [6, 6.07) is 2.91. The van der Waals surface area contributed by atoms with E-state index in [4.69, 9.17) is 27.4 Å². The molecular weight excluding hydrogens is 299 g/mol. The number of rotatable bonds is 4. The fraction of sp³-hybridized carbons (Fsp3) is 0.300. The van der Waals surface area contributed by atoms with Crippen molar-refractivity contribution in [3.8, 4) is 5.75 Å². The molecule has 0 amide bonds. The Balaban J connectivity index is 3.29. The standard InChI is InChI=1S/C10H12Cl2N2O3S/c1-14(2)13-6-7-4-8(11)5-9(12)10(7)17-18(3,15)16/h4-6H,1-3H3/b13-6+. The highest BCUT2D eigenvalue weighted by atomic mass is 35.5. The Hall–Kier alpha value is -0.980. The third-order valence-electron chi connectivity index (χ3n) is 1.70. The van der Waals surface area contributed by atoms with Crippen LogP contribution < -0.4 is 4.18 Å². The monoisotopic (exact) mass is 310 g/mol. The first kappa shape index (κ1) is 15.1. The highest BCUT2D eigenvalue weighted by Gasteiger charge is 2.14. The number of hydrogen-bond donors (Lipinski definition) is 0. The molecule has 18 heavy (non-hydrogen) atoms. The molecular formula is C10H12Cl2N2O3S. The summed E-state index contributed by atoms with van der Waals surface area (Å²) >= 11 is 11.8. The molecule has 1 rings (SSSR count). The van der Waals surface area contributed by atoms with Crippen molar-refractivity contribution in [1.29, 1.82) is 0 Å². The SMILES string of the molecule is CN(C)/N=C/c1cc(Cl)cc(Cl)c1OS(C)(=O)=O. The van der Waals surface area contributed by atoms with E-state index in [1.165, 1.54) is 18.3 Å². The second kappa shape index (κ2) is 5.77. The fourth-order valence-electron chi connectivity index (χ4n) is 1.09. The first-order valence-electron chi connectivity index (χ1n) is 4.79. The Bertz CT molecular complexity index is 571. The predicted molar refractivity (Wildman–Crippen MR) is 73.2 cm³/mol. The normalized spacial score (nSPS) is 11.8. The molecule has 0 fully saturated rings. The van der Waals surface area contributed by atoms with Gasteiger partial charge in [0, 0.05) is 24.7 Å². The van der Waals surface area contributed by atoms with Crippen LogP contribution in [-0.2, 0) is 10.1 Å². The molecule has 8 heteroatoms. The lowest BCUT2D eigenvalue weighted by Crippen LogP contribution is -2.09. The molecule has 0 spiro atoms. The molecule has 0 atom stereocenters. The van der Waals surface area contributed by atoms with E-state index in [9.17, 15) is 8.42 Å². The lowest BCUT2D eigenvalue weighted by atomic mass is 10.2. The van der Waals surface area contributed by atoms with Gasteiger partial charge >= 0.3 is 10.1 Å². The molecule has 0 bridgehead atoms. The Morgan fingerprint density at radius 2 is 1.94 bits per heavy atom. The van der Waals surface area contributed by atoms with Gasteiger partial charge in [0.1, 0.15) is 0 Å². The van der Waals surface area contributed by atoms with Crippen molar-refractivity contribution in [3.63, 3.8) is 0 Å². The summed E-state index contributed by atoms with van der Waals surface area (Å²) in [7, 11) is -0.232. The zero-order valence-electron chi connectivity index (χ0n) is 10.0. The molecule has 0 aliphatic carbocycles. The highest BCUT2D eigenvalue weighted by molar-refractivity contribution is 7.86. The zero-order chi connectivity index (χ0) is 13.9. The molecule has 100 valence electrons. The minimum Gasteiger partial charge on any atom is -0.380 e. The quantitative estimate of drug-likeness (QED) is 0.486. The molecule has 1 aromatic rings. The maximum absolute atomic E-state index is 11.2. The van der Waals surface area contributed by atoms with Crippen LogP contribution in [0, 0.1) is 0 Å². The molecule has 5 nitrogen and oxygen atoms in total. The van der Waals surface area contributed by atoms with Crippen LogP contribution in [0.1, 0.15) is 5.56 Å². The maximum atomic E-state index is 11.2. The van der Waals surface area contributed by atoms with E-state index in [2.05, 4.69) is 5.10 Å². The van der Waals surface area contributed by atoms with Gasteiger partial charge in [-0.2, -0.15) is 13.5 Å². The van der Waals surface area contributed by atoms with Gasteiger partial charge in [-0.05, 0) is 12.1 Å². The van der Waals surface area contributed by atoms with Gasteiger partial charge in [-0.1, -0.05) is 23.2 Å². The van der Waals surface area contributed by atoms with Gasteiger partial charge in [-0.3, -0.25) is 0 Å². The molecule has 0 heterocycles. The largest absolute Gasteiger partial charge is 0.380 e. The second-order valence-electron chi connectivity index (χ2n) is 3.69. The van der Waals surface area contributed by atoms with Gasteiger partial charge < -0.3 is 9.19 Å². The van der Waals surface area contributed by atoms with Crippen LogP contribution in [0.5, 0.6) is 5.75 Å². The average molecular weight is 311 g/mol. The number of hydrogen-bond acceptors (Lipinski definition) is 5. The van der Waals surface area contributed by atoms with Crippen LogP contribution in [0.3, 0.4) is 0 Å². The molecule has 0 radical (unpaired) electrons. The molecule has 0 aliphatic heterocycles. The Labute approximate surface area is 116 Å². The van der Waals surface area contributed by atoms with Crippen LogP contribution in [0.2, 0.25) is 10.0 Å². The van der Waals surface area contributed by atoms with Crippen LogP contribution in [0.4, 0.5) is 0 Å². The Kier molecular flexibility index (Phi) is 4.84. The number of benzene rings is 1. The highest BCUT2D eigenvalue weighted by Crippen LogP contribution is 2.32. The maximum Gasteiger partial charge on any atom is 0.306 e. The summed E-state index contributed by atoms with van der Waals surface area (Å²) in [5.74, 6) is 0.00849. The third kappa shape index (κ3) is 4.72. The van der Waals surface area contributed by atoms with Gasteiger partial charge in [0.2, 0.25) is 0 Å². The van der Waals surface area contributed by atoms with Crippen LogP contribution in [0.25, 0.3) is 0 Å². The third-order valence-corrected chi connectivity index (χ3v) is 2.67. The number of hydrazone groups is 1. The summed E-state index contributed by atoms with van der Waals surface area (Å²) < 4.78 is 27.1. The molecule has 0 saturated carbocycles. The summed E-state index contributed by atoms with van der Waals surface area (Å²) in [4.78, 5) is 0. The topological polar surface area (TPSA) is 59.0 Å². The van der Waals surface area contributed by atoms with E-state index in [1.807, 2.05) is 0 Å². The van der Waals surface area contributed by atoms with E-state index in [-0.39, 0.29) is 10.8 Å². The van der Waals surface area contributed by atoms with E-state index >= 15 is 0 Å². The van der Waals surface area contributed by atoms with E-state index in [1.54, 1.807) is 19.1 Å². The van der Waals surface area contributed by atoms with E-state index in [0.717, 1.165) is 6.26 Å². The average Bonchev–Trinajstić information content (AvgIpc) is 2.17. The zero-order valence-corrected chi connectivity index (χ0v) is 12.3. The molecule has 0 saturated heterocycles. The van der Waals surface area contributed by atoms with Gasteiger partial charge in [0.15, 0.2) is 5.75 Å². The fourth-order valence-corrected chi connectivity index (χ4v) is 2.18.